The van der Waals surface area contributed by atoms with Crippen LogP contribution in [0.15, 0.2) is 54.6 Å². The molecule has 2 aromatic rings. The fourth-order valence-corrected chi connectivity index (χ4v) is 2.10. The second-order valence-corrected chi connectivity index (χ2v) is 5.34. The van der Waals surface area contributed by atoms with Crippen molar-refractivity contribution in [3.63, 3.8) is 0 Å². The van der Waals surface area contributed by atoms with Crippen LogP contribution in [-0.4, -0.2) is 17.1 Å². The molecule has 1 atom stereocenters. The Bertz CT molecular complexity index is 611. The quantitative estimate of drug-likeness (QED) is 0.857. The molecule has 0 radical (unpaired) electrons. The number of amides is 1. The number of nitrogens with one attached hydrogen (secondary N) is 1. The van der Waals surface area contributed by atoms with Crippen molar-refractivity contribution in [3.05, 3.63) is 60.2 Å². The lowest BCUT2D eigenvalue weighted by Crippen LogP contribution is -2.17. The molecule has 0 heterocycles. The van der Waals surface area contributed by atoms with Crippen LogP contribution in [0.5, 0.6) is 5.75 Å². The summed E-state index contributed by atoms with van der Waals surface area (Å²) in [6, 6.07) is 16.4. The molecule has 22 heavy (non-hydrogen) atoms. The van der Waals surface area contributed by atoms with Crippen molar-refractivity contribution < 1.29 is 14.6 Å². The van der Waals surface area contributed by atoms with Gasteiger partial charge in [0.05, 0.1) is 24.3 Å². The largest absolute Gasteiger partial charge is 0.489 e. The van der Waals surface area contributed by atoms with E-state index < -0.39 is 6.10 Å². The number of rotatable bonds is 6. The van der Waals surface area contributed by atoms with Crippen molar-refractivity contribution in [3.8, 4) is 5.75 Å². The molecule has 0 saturated carbocycles. The Kier molecular flexibility index (Phi) is 5.55. The van der Waals surface area contributed by atoms with Gasteiger partial charge in [-0.1, -0.05) is 42.5 Å². The van der Waals surface area contributed by atoms with E-state index >= 15 is 0 Å². The Labute approximate surface area is 130 Å². The van der Waals surface area contributed by atoms with Crippen LogP contribution in [0.1, 0.15) is 31.9 Å². The van der Waals surface area contributed by atoms with Gasteiger partial charge in [-0.2, -0.15) is 0 Å². The summed E-state index contributed by atoms with van der Waals surface area (Å²) in [5.74, 6) is 0.371. The van der Waals surface area contributed by atoms with Gasteiger partial charge in [-0.15, -0.1) is 0 Å². The van der Waals surface area contributed by atoms with Crippen LogP contribution in [-0.2, 0) is 4.79 Å². The number of aliphatic hydroxyl groups is 1. The molecule has 116 valence electrons. The maximum atomic E-state index is 12.1. The van der Waals surface area contributed by atoms with Crippen molar-refractivity contribution >= 4 is 11.6 Å². The first kappa shape index (κ1) is 16.0. The number of carbonyl (C=O) groups excluding carboxylic acids is 1. The third kappa shape index (κ3) is 4.60. The second kappa shape index (κ2) is 7.61. The van der Waals surface area contributed by atoms with E-state index in [0.717, 1.165) is 5.56 Å². The molecule has 0 bridgehead atoms. The van der Waals surface area contributed by atoms with Crippen LogP contribution < -0.4 is 10.1 Å². The molecule has 1 unspecified atom stereocenters. The van der Waals surface area contributed by atoms with Gasteiger partial charge in [0.1, 0.15) is 5.75 Å². The predicted molar refractivity (Wildman–Crippen MR) is 86.9 cm³/mol. The fraction of sp³-hybridized carbons (Fsp3) is 0.278. The average Bonchev–Trinajstić information content (AvgIpc) is 2.49. The maximum Gasteiger partial charge on any atom is 0.227 e. The van der Waals surface area contributed by atoms with Crippen LogP contribution in [0.3, 0.4) is 0 Å². The van der Waals surface area contributed by atoms with Crippen LogP contribution in [0.25, 0.3) is 0 Å². The van der Waals surface area contributed by atoms with E-state index in [4.69, 9.17) is 4.74 Å². The lowest BCUT2D eigenvalue weighted by atomic mass is 10.1. The molecule has 0 aromatic heterocycles. The normalized spacial score (nSPS) is 12.0. The predicted octanol–water partition coefficient (Wildman–Crippen LogP) is 3.54. The number of benzene rings is 2. The Hall–Kier alpha value is -2.33. The molecule has 0 saturated heterocycles. The van der Waals surface area contributed by atoms with E-state index in [-0.39, 0.29) is 18.4 Å². The highest BCUT2D eigenvalue weighted by atomic mass is 16.5. The smallest absolute Gasteiger partial charge is 0.227 e. The number of hydrogen-bond acceptors (Lipinski definition) is 3. The van der Waals surface area contributed by atoms with Crippen LogP contribution >= 0.6 is 0 Å². The van der Waals surface area contributed by atoms with Gasteiger partial charge >= 0.3 is 0 Å². The molecule has 0 aliphatic carbocycles. The van der Waals surface area contributed by atoms with Crippen molar-refractivity contribution in [1.29, 1.82) is 0 Å². The zero-order valence-corrected chi connectivity index (χ0v) is 12.8. The maximum absolute atomic E-state index is 12.1. The Morgan fingerprint density at radius 2 is 1.73 bits per heavy atom. The van der Waals surface area contributed by atoms with Crippen molar-refractivity contribution in [1.82, 2.24) is 0 Å². The zero-order valence-electron chi connectivity index (χ0n) is 12.8. The monoisotopic (exact) mass is 299 g/mol. The third-order valence-corrected chi connectivity index (χ3v) is 3.09. The SMILES string of the molecule is CC(C)Oc1ccccc1NC(=O)CC(O)c1ccccc1. The number of aliphatic hydroxyl groups excluding tert-OH is 1. The number of hydrogen-bond donors (Lipinski definition) is 2. The molecule has 2 rings (SSSR count). The summed E-state index contributed by atoms with van der Waals surface area (Å²) in [6.07, 6.45) is -0.799. The van der Waals surface area contributed by atoms with Gasteiger partial charge in [0.15, 0.2) is 0 Å². The van der Waals surface area contributed by atoms with Crippen molar-refractivity contribution in [2.24, 2.45) is 0 Å². The highest BCUT2D eigenvalue weighted by Gasteiger charge is 2.14. The molecule has 0 fully saturated rings. The summed E-state index contributed by atoms with van der Waals surface area (Å²) < 4.78 is 5.66. The van der Waals surface area contributed by atoms with Gasteiger partial charge in [0.2, 0.25) is 5.91 Å². The van der Waals surface area contributed by atoms with E-state index in [9.17, 15) is 9.90 Å². The first-order chi connectivity index (χ1) is 10.6. The molecule has 4 heteroatoms. The minimum atomic E-state index is -0.820. The number of carbonyl (C=O) groups is 1. The molecule has 0 aliphatic heterocycles. The van der Waals surface area contributed by atoms with E-state index in [1.54, 1.807) is 18.2 Å². The molecule has 0 aliphatic rings. The summed E-state index contributed by atoms with van der Waals surface area (Å²) in [5.41, 5.74) is 1.34. The topological polar surface area (TPSA) is 58.6 Å². The van der Waals surface area contributed by atoms with Gasteiger partial charge in [0.25, 0.3) is 0 Å². The Balaban J connectivity index is 2.00. The highest BCUT2D eigenvalue weighted by Crippen LogP contribution is 2.26. The van der Waals surface area contributed by atoms with E-state index in [1.165, 1.54) is 0 Å². The molecule has 1 amide bonds. The first-order valence-corrected chi connectivity index (χ1v) is 7.35. The molecule has 0 spiro atoms. The lowest BCUT2D eigenvalue weighted by molar-refractivity contribution is -0.118. The summed E-state index contributed by atoms with van der Waals surface area (Å²) in [6.45, 7) is 3.86. The Morgan fingerprint density at radius 3 is 2.41 bits per heavy atom. The Morgan fingerprint density at radius 1 is 1.09 bits per heavy atom. The van der Waals surface area contributed by atoms with Gasteiger partial charge in [0, 0.05) is 0 Å². The highest BCUT2D eigenvalue weighted by molar-refractivity contribution is 5.92. The summed E-state index contributed by atoms with van der Waals surface area (Å²) in [4.78, 5) is 12.1. The van der Waals surface area contributed by atoms with Crippen molar-refractivity contribution in [2.75, 3.05) is 5.32 Å². The average molecular weight is 299 g/mol. The van der Waals surface area contributed by atoms with Crippen molar-refractivity contribution in [2.45, 2.75) is 32.5 Å². The van der Waals surface area contributed by atoms with E-state index in [0.29, 0.717) is 11.4 Å². The summed E-state index contributed by atoms with van der Waals surface area (Å²) in [7, 11) is 0. The second-order valence-electron chi connectivity index (χ2n) is 5.34. The van der Waals surface area contributed by atoms with Crippen LogP contribution in [0.2, 0.25) is 0 Å². The number of para-hydroxylation sites is 2. The molecule has 4 nitrogen and oxygen atoms in total. The minimum Gasteiger partial charge on any atom is -0.489 e. The fourth-order valence-electron chi connectivity index (χ4n) is 2.10. The van der Waals surface area contributed by atoms with Crippen LogP contribution in [0, 0.1) is 0 Å². The standard InChI is InChI=1S/C18H21NO3/c1-13(2)22-17-11-7-6-10-15(17)19-18(21)12-16(20)14-8-4-3-5-9-14/h3-11,13,16,20H,12H2,1-2H3,(H,19,21). The summed E-state index contributed by atoms with van der Waals surface area (Å²) >= 11 is 0. The molecule has 2 N–H and O–H groups in total. The first-order valence-electron chi connectivity index (χ1n) is 7.35. The van der Waals surface area contributed by atoms with Gasteiger partial charge in [-0.05, 0) is 31.5 Å². The van der Waals surface area contributed by atoms with E-state index in [1.807, 2.05) is 50.2 Å². The zero-order chi connectivity index (χ0) is 15.9. The van der Waals surface area contributed by atoms with Crippen LogP contribution in [0.4, 0.5) is 5.69 Å². The lowest BCUT2D eigenvalue weighted by Gasteiger charge is -2.16. The molecular formula is C18H21NO3. The minimum absolute atomic E-state index is 0.0000260. The summed E-state index contributed by atoms with van der Waals surface area (Å²) in [5, 5.41) is 12.9. The molecular weight excluding hydrogens is 278 g/mol. The third-order valence-electron chi connectivity index (χ3n) is 3.09. The van der Waals surface area contributed by atoms with Gasteiger partial charge in [-0.3, -0.25) is 4.79 Å². The molecule has 2 aromatic carbocycles. The van der Waals surface area contributed by atoms with E-state index in [2.05, 4.69) is 5.32 Å². The number of ether oxygens (including phenoxy) is 1. The van der Waals surface area contributed by atoms with Gasteiger partial charge < -0.3 is 15.2 Å². The van der Waals surface area contributed by atoms with Gasteiger partial charge in [-0.25, -0.2) is 0 Å². The number of anilines is 1.